The number of hydrogen-bond donors (Lipinski definition) is 0. The highest BCUT2D eigenvalue weighted by Crippen LogP contribution is 2.32. The highest BCUT2D eigenvalue weighted by Gasteiger charge is 2.21. The van der Waals surface area contributed by atoms with E-state index in [0.717, 1.165) is 41.4 Å². The van der Waals surface area contributed by atoms with Crippen molar-refractivity contribution in [3.63, 3.8) is 0 Å². The average Bonchev–Trinajstić information content (AvgIpc) is 2.64. The van der Waals surface area contributed by atoms with E-state index in [4.69, 9.17) is 4.74 Å². The molecule has 0 fully saturated rings. The van der Waals surface area contributed by atoms with E-state index in [1.54, 1.807) is 13.2 Å². The van der Waals surface area contributed by atoms with E-state index in [1.165, 1.54) is 6.07 Å². The van der Waals surface area contributed by atoms with Crippen LogP contribution in [0.1, 0.15) is 40.5 Å². The summed E-state index contributed by atoms with van der Waals surface area (Å²) in [4.78, 5) is 1.90. The van der Waals surface area contributed by atoms with Crippen molar-refractivity contribution in [2.24, 2.45) is 5.92 Å². The van der Waals surface area contributed by atoms with Gasteiger partial charge in [0.1, 0.15) is 0 Å². The van der Waals surface area contributed by atoms with Crippen molar-refractivity contribution in [2.75, 3.05) is 18.6 Å². The van der Waals surface area contributed by atoms with E-state index >= 15 is 0 Å². The van der Waals surface area contributed by atoms with Crippen molar-refractivity contribution in [1.82, 2.24) is 0 Å². The lowest BCUT2D eigenvalue weighted by molar-refractivity contribution is 0.185. The summed E-state index contributed by atoms with van der Waals surface area (Å²) in [6.45, 7) is 16.8. The maximum Gasteiger partial charge on any atom is 0.160 e. The standard InChI is InChI=1S/C23H31F2NO/c1-8-19(9-2)14-23(16(3)4)26(18(6)17(5)12-13-27-7)20-10-11-21(24)22(25)15-20/h8,10-11,14-15,17H,1,6,9,12-13H2,2-5,7H3/b19-14-. The van der Waals surface area contributed by atoms with Crippen molar-refractivity contribution >= 4 is 5.69 Å². The van der Waals surface area contributed by atoms with Crippen LogP contribution in [0.2, 0.25) is 0 Å². The van der Waals surface area contributed by atoms with Crippen molar-refractivity contribution < 1.29 is 13.5 Å². The topological polar surface area (TPSA) is 12.5 Å². The van der Waals surface area contributed by atoms with Crippen LogP contribution in [0.5, 0.6) is 0 Å². The number of benzene rings is 1. The molecule has 1 rings (SSSR count). The Hall–Kier alpha value is -2.20. The van der Waals surface area contributed by atoms with Crippen LogP contribution in [0.4, 0.5) is 14.5 Å². The molecule has 0 radical (unpaired) electrons. The molecule has 27 heavy (non-hydrogen) atoms. The van der Waals surface area contributed by atoms with Crippen LogP contribution in [-0.2, 0) is 4.74 Å². The van der Waals surface area contributed by atoms with Gasteiger partial charge in [0.15, 0.2) is 11.6 Å². The molecule has 0 amide bonds. The Labute approximate surface area is 162 Å². The van der Waals surface area contributed by atoms with Gasteiger partial charge in [-0.25, -0.2) is 8.78 Å². The van der Waals surface area contributed by atoms with Gasteiger partial charge >= 0.3 is 0 Å². The third-order valence-corrected chi connectivity index (χ3v) is 4.52. The molecule has 2 nitrogen and oxygen atoms in total. The minimum Gasteiger partial charge on any atom is -0.385 e. The van der Waals surface area contributed by atoms with Gasteiger partial charge in [-0.15, -0.1) is 0 Å². The Balaban J connectivity index is 3.53. The zero-order valence-corrected chi connectivity index (χ0v) is 17.1. The number of methoxy groups -OCH3 is 1. The first-order valence-corrected chi connectivity index (χ1v) is 9.20. The third-order valence-electron chi connectivity index (χ3n) is 4.52. The predicted molar refractivity (Wildman–Crippen MR) is 111 cm³/mol. The summed E-state index contributed by atoms with van der Waals surface area (Å²) in [5.74, 6) is -1.66. The number of rotatable bonds is 10. The predicted octanol–water partition coefficient (Wildman–Crippen LogP) is 6.77. The van der Waals surface area contributed by atoms with Gasteiger partial charge in [0, 0.05) is 36.9 Å². The van der Waals surface area contributed by atoms with Gasteiger partial charge in [-0.1, -0.05) is 38.7 Å². The second-order valence-corrected chi connectivity index (χ2v) is 6.77. The van der Waals surface area contributed by atoms with Crippen LogP contribution >= 0.6 is 0 Å². The highest BCUT2D eigenvalue weighted by molar-refractivity contribution is 5.62. The molecule has 0 aromatic heterocycles. The molecule has 0 saturated carbocycles. The van der Waals surface area contributed by atoms with E-state index in [-0.39, 0.29) is 5.92 Å². The first-order chi connectivity index (χ1) is 12.8. The van der Waals surface area contributed by atoms with Gasteiger partial charge in [-0.2, -0.15) is 0 Å². The fraction of sp³-hybridized carbons (Fsp3) is 0.391. The molecule has 0 aliphatic rings. The summed E-state index contributed by atoms with van der Waals surface area (Å²) in [6, 6.07) is 3.92. The number of ether oxygens (including phenoxy) is 1. The number of nitrogens with zero attached hydrogens (tertiary/aromatic N) is 1. The quantitative estimate of drug-likeness (QED) is 0.418. The van der Waals surface area contributed by atoms with E-state index in [2.05, 4.69) is 20.1 Å². The van der Waals surface area contributed by atoms with Crippen LogP contribution in [0, 0.1) is 17.6 Å². The molecule has 0 bridgehead atoms. The third kappa shape index (κ3) is 6.17. The fourth-order valence-corrected chi connectivity index (χ4v) is 2.68. The van der Waals surface area contributed by atoms with Crippen LogP contribution in [-0.4, -0.2) is 13.7 Å². The van der Waals surface area contributed by atoms with Gasteiger partial charge in [0.05, 0.1) is 0 Å². The maximum atomic E-state index is 14.0. The Morgan fingerprint density at radius 2 is 1.93 bits per heavy atom. The molecule has 0 heterocycles. The SMILES string of the molecule is C=C/C(=C/C(=C(C)C)N(C(=C)C(C)CCOC)c1ccc(F)c(F)c1)CC. The molecule has 1 unspecified atom stereocenters. The Morgan fingerprint density at radius 1 is 1.26 bits per heavy atom. The summed E-state index contributed by atoms with van der Waals surface area (Å²) in [5.41, 5.74) is 4.30. The first-order valence-electron chi connectivity index (χ1n) is 9.20. The lowest BCUT2D eigenvalue weighted by Gasteiger charge is -2.33. The monoisotopic (exact) mass is 375 g/mol. The average molecular weight is 376 g/mol. The van der Waals surface area contributed by atoms with Crippen molar-refractivity contribution in [2.45, 2.75) is 40.5 Å². The van der Waals surface area contributed by atoms with Crippen LogP contribution < -0.4 is 4.90 Å². The Morgan fingerprint density at radius 3 is 2.41 bits per heavy atom. The summed E-state index contributed by atoms with van der Waals surface area (Å²) in [6.07, 6.45) is 5.43. The van der Waals surface area contributed by atoms with Crippen LogP contribution in [0.25, 0.3) is 0 Å². The number of hydrogen-bond acceptors (Lipinski definition) is 2. The molecule has 0 aliphatic carbocycles. The van der Waals surface area contributed by atoms with Crippen LogP contribution in [0.3, 0.4) is 0 Å². The number of halogens is 2. The molecule has 148 valence electrons. The fourth-order valence-electron chi connectivity index (χ4n) is 2.68. The van der Waals surface area contributed by atoms with E-state index in [9.17, 15) is 8.78 Å². The number of allylic oxidation sites excluding steroid dienone is 5. The van der Waals surface area contributed by atoms with Gasteiger partial charge in [0.2, 0.25) is 0 Å². The lowest BCUT2D eigenvalue weighted by Crippen LogP contribution is -2.26. The van der Waals surface area contributed by atoms with Crippen molar-refractivity contribution in [1.29, 1.82) is 0 Å². The minimum atomic E-state index is -0.883. The van der Waals surface area contributed by atoms with Crippen molar-refractivity contribution in [3.05, 3.63) is 77.7 Å². The molecule has 0 spiro atoms. The van der Waals surface area contributed by atoms with Gasteiger partial charge < -0.3 is 9.64 Å². The second-order valence-electron chi connectivity index (χ2n) is 6.77. The summed E-state index contributed by atoms with van der Waals surface area (Å²) < 4.78 is 32.6. The summed E-state index contributed by atoms with van der Waals surface area (Å²) >= 11 is 0. The molecular formula is C23H31F2NO. The van der Waals surface area contributed by atoms with E-state index in [1.807, 2.05) is 37.8 Å². The number of anilines is 1. The zero-order chi connectivity index (χ0) is 20.6. The molecule has 1 aromatic carbocycles. The van der Waals surface area contributed by atoms with Crippen LogP contribution in [0.15, 0.2) is 66.0 Å². The summed E-state index contributed by atoms with van der Waals surface area (Å²) in [5, 5.41) is 0. The van der Waals surface area contributed by atoms with E-state index in [0.29, 0.717) is 12.3 Å². The van der Waals surface area contributed by atoms with Crippen molar-refractivity contribution in [3.8, 4) is 0 Å². The normalized spacial score (nSPS) is 12.5. The zero-order valence-electron chi connectivity index (χ0n) is 17.1. The first kappa shape index (κ1) is 22.8. The molecule has 4 heteroatoms. The largest absolute Gasteiger partial charge is 0.385 e. The highest BCUT2D eigenvalue weighted by atomic mass is 19.2. The lowest BCUT2D eigenvalue weighted by atomic mass is 10.0. The molecule has 0 saturated heterocycles. The molecular weight excluding hydrogens is 344 g/mol. The minimum absolute atomic E-state index is 0.0922. The molecule has 0 aliphatic heterocycles. The molecule has 1 aromatic rings. The second kappa shape index (κ2) is 10.8. The molecule has 0 N–H and O–H groups in total. The maximum absolute atomic E-state index is 14.0. The molecule has 1 atom stereocenters. The Kier molecular flexibility index (Phi) is 9.16. The van der Waals surface area contributed by atoms with E-state index < -0.39 is 11.6 Å². The Bertz CT molecular complexity index is 730. The smallest absolute Gasteiger partial charge is 0.160 e. The van der Waals surface area contributed by atoms with Gasteiger partial charge in [0.25, 0.3) is 0 Å². The van der Waals surface area contributed by atoms with Gasteiger partial charge in [-0.3, -0.25) is 0 Å². The summed E-state index contributed by atoms with van der Waals surface area (Å²) in [7, 11) is 1.66. The van der Waals surface area contributed by atoms with Gasteiger partial charge in [-0.05, 0) is 56.4 Å².